The summed E-state index contributed by atoms with van der Waals surface area (Å²) in [4.78, 5) is 15.3. The third kappa shape index (κ3) is 3.78. The van der Waals surface area contributed by atoms with Crippen molar-refractivity contribution in [3.63, 3.8) is 0 Å². The molecule has 25 heavy (non-hydrogen) atoms. The largest absolute Gasteiger partial charge is 0.354 e. The molecular weight excluding hydrogens is 340 g/mol. The van der Waals surface area contributed by atoms with E-state index in [-0.39, 0.29) is 0 Å². The van der Waals surface area contributed by atoms with E-state index in [1.165, 1.54) is 8.61 Å². The highest BCUT2D eigenvalue weighted by molar-refractivity contribution is 7.86. The fourth-order valence-electron chi connectivity index (χ4n) is 2.72. The maximum atomic E-state index is 12.2. The van der Waals surface area contributed by atoms with Crippen molar-refractivity contribution >= 4 is 16.0 Å². The Balaban J connectivity index is 1.79. The average molecular weight is 362 g/mol. The zero-order chi connectivity index (χ0) is 18.0. The van der Waals surface area contributed by atoms with Crippen molar-refractivity contribution < 1.29 is 8.42 Å². The average Bonchev–Trinajstić information content (AvgIpc) is 2.62. The van der Waals surface area contributed by atoms with Crippen LogP contribution in [0.3, 0.4) is 0 Å². The molecule has 9 heteroatoms. The van der Waals surface area contributed by atoms with Crippen molar-refractivity contribution in [1.29, 1.82) is 0 Å². The summed E-state index contributed by atoms with van der Waals surface area (Å²) < 4.78 is 27.2. The van der Waals surface area contributed by atoms with Crippen molar-refractivity contribution in [3.05, 3.63) is 36.3 Å². The van der Waals surface area contributed by atoms with Crippen molar-refractivity contribution in [1.82, 2.24) is 23.6 Å². The lowest BCUT2D eigenvalue weighted by Gasteiger charge is -2.35. The fourth-order valence-corrected chi connectivity index (χ4v) is 3.80. The number of nitrogens with zero attached hydrogens (tertiary/aromatic N) is 6. The molecule has 1 saturated heterocycles. The number of anilines is 1. The molecule has 1 aliphatic heterocycles. The topological polar surface area (TPSA) is 82.5 Å². The molecule has 0 amide bonds. The molecule has 2 aromatic rings. The standard InChI is InChI=1S/C16H22N6O2S/c1-13-11-15(19-16(18-13)14-5-4-6-17-12-14)21-7-9-22(10-8-21)25(23,24)20(2)3/h4-6,11-12H,7-10H2,1-3H3. The van der Waals surface area contributed by atoms with Crippen molar-refractivity contribution in [2.75, 3.05) is 45.2 Å². The van der Waals surface area contributed by atoms with Crippen LogP contribution >= 0.6 is 0 Å². The van der Waals surface area contributed by atoms with Crippen molar-refractivity contribution in [2.45, 2.75) is 6.92 Å². The lowest BCUT2D eigenvalue weighted by molar-refractivity contribution is 0.355. The van der Waals surface area contributed by atoms with Crippen LogP contribution < -0.4 is 4.90 Å². The molecule has 0 saturated carbocycles. The highest BCUT2D eigenvalue weighted by Crippen LogP contribution is 2.21. The quantitative estimate of drug-likeness (QED) is 0.799. The van der Waals surface area contributed by atoms with Gasteiger partial charge >= 0.3 is 0 Å². The van der Waals surface area contributed by atoms with Crippen LogP contribution in [0.4, 0.5) is 5.82 Å². The van der Waals surface area contributed by atoms with Gasteiger partial charge in [0.15, 0.2) is 5.82 Å². The van der Waals surface area contributed by atoms with Gasteiger partial charge < -0.3 is 4.90 Å². The van der Waals surface area contributed by atoms with Crippen LogP contribution in [0.5, 0.6) is 0 Å². The van der Waals surface area contributed by atoms with Crippen LogP contribution in [0.25, 0.3) is 11.4 Å². The third-order valence-corrected chi connectivity index (χ3v) is 6.05. The van der Waals surface area contributed by atoms with Gasteiger partial charge in [0, 0.05) is 70.0 Å². The minimum absolute atomic E-state index is 0.436. The van der Waals surface area contributed by atoms with Gasteiger partial charge in [-0.3, -0.25) is 4.98 Å². The molecule has 134 valence electrons. The summed E-state index contributed by atoms with van der Waals surface area (Å²) in [6.07, 6.45) is 3.45. The predicted octanol–water partition coefficient (Wildman–Crippen LogP) is 0.775. The van der Waals surface area contributed by atoms with E-state index in [9.17, 15) is 8.42 Å². The molecule has 1 aliphatic rings. The molecule has 0 bridgehead atoms. The number of aryl methyl sites for hydroxylation is 1. The summed E-state index contributed by atoms with van der Waals surface area (Å²) in [5.41, 5.74) is 1.73. The summed E-state index contributed by atoms with van der Waals surface area (Å²) in [7, 11) is -0.263. The van der Waals surface area contributed by atoms with Crippen LogP contribution in [0.15, 0.2) is 30.6 Å². The maximum Gasteiger partial charge on any atom is 0.281 e. The molecule has 0 atom stereocenters. The molecule has 2 aromatic heterocycles. The highest BCUT2D eigenvalue weighted by atomic mass is 32.2. The first kappa shape index (κ1) is 17.7. The number of hydrogen-bond donors (Lipinski definition) is 0. The molecule has 3 heterocycles. The van der Waals surface area contributed by atoms with Gasteiger partial charge in [-0.15, -0.1) is 0 Å². The maximum absolute atomic E-state index is 12.2. The molecule has 0 aliphatic carbocycles. The minimum atomic E-state index is -3.37. The van der Waals surface area contributed by atoms with Gasteiger partial charge in [0.1, 0.15) is 5.82 Å². The number of rotatable bonds is 4. The zero-order valence-electron chi connectivity index (χ0n) is 14.6. The molecular formula is C16H22N6O2S. The normalized spacial score (nSPS) is 16.4. The molecule has 1 fully saturated rings. The number of piperazine rings is 1. The molecule has 0 N–H and O–H groups in total. The van der Waals surface area contributed by atoms with Crippen molar-refractivity contribution in [3.8, 4) is 11.4 Å². The second-order valence-electron chi connectivity index (χ2n) is 6.11. The van der Waals surface area contributed by atoms with E-state index in [2.05, 4.69) is 19.9 Å². The van der Waals surface area contributed by atoms with Gasteiger partial charge in [-0.05, 0) is 19.1 Å². The van der Waals surface area contributed by atoms with Gasteiger partial charge in [0.05, 0.1) is 0 Å². The third-order valence-electron chi connectivity index (χ3n) is 4.11. The van der Waals surface area contributed by atoms with Crippen LogP contribution in [0.2, 0.25) is 0 Å². The Bertz CT molecular complexity index is 833. The summed E-state index contributed by atoms with van der Waals surface area (Å²) >= 11 is 0. The lowest BCUT2D eigenvalue weighted by atomic mass is 10.2. The van der Waals surface area contributed by atoms with Gasteiger partial charge in [-0.2, -0.15) is 17.0 Å². The van der Waals surface area contributed by atoms with Gasteiger partial charge in [0.25, 0.3) is 10.2 Å². The number of hydrogen-bond acceptors (Lipinski definition) is 6. The van der Waals surface area contributed by atoms with Crippen LogP contribution in [0.1, 0.15) is 5.69 Å². The lowest BCUT2D eigenvalue weighted by Crippen LogP contribution is -2.51. The number of pyridine rings is 1. The Morgan fingerprint density at radius 1 is 1.12 bits per heavy atom. The van der Waals surface area contributed by atoms with Gasteiger partial charge in [-0.1, -0.05) is 0 Å². The van der Waals surface area contributed by atoms with Crippen LogP contribution in [-0.4, -0.2) is 72.3 Å². The van der Waals surface area contributed by atoms with E-state index < -0.39 is 10.2 Å². The van der Waals surface area contributed by atoms with E-state index in [1.807, 2.05) is 25.1 Å². The van der Waals surface area contributed by atoms with E-state index in [0.29, 0.717) is 32.0 Å². The molecule has 0 radical (unpaired) electrons. The second-order valence-corrected chi connectivity index (χ2v) is 8.25. The van der Waals surface area contributed by atoms with E-state index >= 15 is 0 Å². The Hall–Kier alpha value is -2.10. The van der Waals surface area contributed by atoms with Crippen molar-refractivity contribution in [2.24, 2.45) is 0 Å². The predicted molar refractivity (Wildman–Crippen MR) is 96.4 cm³/mol. The SMILES string of the molecule is Cc1cc(N2CCN(S(=O)(=O)N(C)C)CC2)nc(-c2cccnc2)n1. The Morgan fingerprint density at radius 3 is 2.44 bits per heavy atom. The van der Waals surface area contributed by atoms with E-state index in [0.717, 1.165) is 17.1 Å². The Kier molecular flexibility index (Phi) is 4.98. The summed E-state index contributed by atoms with van der Waals surface area (Å²) in [6, 6.07) is 5.70. The molecule has 0 aromatic carbocycles. The highest BCUT2D eigenvalue weighted by Gasteiger charge is 2.29. The Morgan fingerprint density at radius 2 is 1.84 bits per heavy atom. The molecule has 0 spiro atoms. The monoisotopic (exact) mass is 362 g/mol. The molecule has 8 nitrogen and oxygen atoms in total. The molecule has 0 unspecified atom stereocenters. The van der Waals surface area contributed by atoms with Gasteiger partial charge in [-0.25, -0.2) is 9.97 Å². The first-order valence-electron chi connectivity index (χ1n) is 8.06. The number of aromatic nitrogens is 3. The Labute approximate surface area is 148 Å². The zero-order valence-corrected chi connectivity index (χ0v) is 15.4. The first-order valence-corrected chi connectivity index (χ1v) is 9.46. The minimum Gasteiger partial charge on any atom is -0.354 e. The van der Waals surface area contributed by atoms with Gasteiger partial charge in [0.2, 0.25) is 0 Å². The summed E-state index contributed by atoms with van der Waals surface area (Å²) in [6.45, 7) is 3.99. The van der Waals surface area contributed by atoms with Crippen LogP contribution in [-0.2, 0) is 10.2 Å². The van der Waals surface area contributed by atoms with E-state index in [4.69, 9.17) is 0 Å². The van der Waals surface area contributed by atoms with Crippen LogP contribution in [0, 0.1) is 6.92 Å². The summed E-state index contributed by atoms with van der Waals surface area (Å²) in [5, 5.41) is 0. The second kappa shape index (κ2) is 7.03. The summed E-state index contributed by atoms with van der Waals surface area (Å²) in [5.74, 6) is 1.44. The van der Waals surface area contributed by atoms with E-state index in [1.54, 1.807) is 26.5 Å². The fraction of sp³-hybridized carbons (Fsp3) is 0.438. The smallest absolute Gasteiger partial charge is 0.281 e. The first-order chi connectivity index (χ1) is 11.9. The molecule has 3 rings (SSSR count).